The van der Waals surface area contributed by atoms with Crippen LogP contribution in [0.4, 0.5) is 5.69 Å². The van der Waals surface area contributed by atoms with Gasteiger partial charge in [0, 0.05) is 49.6 Å². The predicted octanol–water partition coefficient (Wildman–Crippen LogP) is 11.4. The lowest BCUT2D eigenvalue weighted by atomic mass is 9.92. The quantitative estimate of drug-likeness (QED) is 0.176. The summed E-state index contributed by atoms with van der Waals surface area (Å²) in [5, 5.41) is 34.4. The summed E-state index contributed by atoms with van der Waals surface area (Å²) in [5.41, 5.74) is 10.3. The Labute approximate surface area is 298 Å². The van der Waals surface area contributed by atoms with Crippen LogP contribution in [-0.4, -0.2) is 9.13 Å². The number of benzene rings is 7. The van der Waals surface area contributed by atoms with Crippen molar-refractivity contribution in [1.29, 1.82) is 15.8 Å². The molecule has 2 heterocycles. The Morgan fingerprint density at radius 3 is 1.85 bits per heavy atom. The topological polar surface area (TPSA) is 85.6 Å². The summed E-state index contributed by atoms with van der Waals surface area (Å²) in [7, 11) is 0. The van der Waals surface area contributed by atoms with Gasteiger partial charge in [0.05, 0.1) is 58.0 Å². The van der Waals surface area contributed by atoms with E-state index < -0.39 is 0 Å². The molecule has 7 aromatic carbocycles. The van der Waals surface area contributed by atoms with Gasteiger partial charge in [0.25, 0.3) is 0 Å². The van der Waals surface area contributed by atoms with Gasteiger partial charge < -0.3 is 9.13 Å². The second-order valence-corrected chi connectivity index (χ2v) is 12.5. The number of rotatable bonds is 4. The first-order valence-electron chi connectivity index (χ1n) is 16.7. The van der Waals surface area contributed by atoms with Crippen molar-refractivity contribution in [1.82, 2.24) is 9.13 Å². The third kappa shape index (κ3) is 4.40. The molecule has 0 unspecified atom stereocenters. The zero-order chi connectivity index (χ0) is 35.3. The zero-order valence-electron chi connectivity index (χ0n) is 27.5. The molecule has 9 rings (SSSR count). The second kappa shape index (κ2) is 11.9. The van der Waals surface area contributed by atoms with Crippen molar-refractivity contribution in [2.45, 2.75) is 0 Å². The van der Waals surface area contributed by atoms with Crippen LogP contribution in [-0.2, 0) is 0 Å². The molecule has 0 spiro atoms. The Morgan fingerprint density at radius 1 is 0.462 bits per heavy atom. The lowest BCUT2D eigenvalue weighted by molar-refractivity contribution is 1.17. The fourth-order valence-electron chi connectivity index (χ4n) is 7.72. The number of nitriles is 3. The molecule has 0 aliphatic rings. The van der Waals surface area contributed by atoms with Crippen molar-refractivity contribution in [3.63, 3.8) is 0 Å². The number of aromatic nitrogens is 2. The summed E-state index contributed by atoms with van der Waals surface area (Å²) < 4.78 is 4.49. The van der Waals surface area contributed by atoms with Crippen molar-refractivity contribution >= 4 is 49.3 Å². The van der Waals surface area contributed by atoms with Crippen LogP contribution in [0, 0.1) is 40.6 Å². The standard InChI is InChI=1S/C46H24N6/c1-50-39-17-8-12-32(28-49)45(39)37-16-9-19-42-46(37)36-22-20-29(44-30(26-47)10-7-11-31(44)27-48)24-43(36)52(42)34-21-23-41-38(25-34)35-15-5-6-18-40(35)51(41)33-13-3-2-4-14-33/h2-25H. The summed E-state index contributed by atoms with van der Waals surface area (Å²) in [4.78, 5) is 3.82. The highest BCUT2D eigenvalue weighted by Gasteiger charge is 2.22. The van der Waals surface area contributed by atoms with Crippen LogP contribution < -0.4 is 0 Å². The van der Waals surface area contributed by atoms with Gasteiger partial charge in [0.2, 0.25) is 0 Å². The van der Waals surface area contributed by atoms with Crippen molar-refractivity contribution in [2.24, 2.45) is 0 Å². The molecule has 0 radical (unpaired) electrons. The zero-order valence-corrected chi connectivity index (χ0v) is 27.5. The fraction of sp³-hybridized carbons (Fsp3) is 0. The first-order valence-corrected chi connectivity index (χ1v) is 16.7. The predicted molar refractivity (Wildman–Crippen MR) is 206 cm³/mol. The van der Waals surface area contributed by atoms with Crippen LogP contribution in [0.25, 0.3) is 82.1 Å². The van der Waals surface area contributed by atoms with E-state index in [2.05, 4.69) is 92.9 Å². The van der Waals surface area contributed by atoms with Crippen molar-refractivity contribution in [2.75, 3.05) is 0 Å². The van der Waals surface area contributed by atoms with Crippen molar-refractivity contribution < 1.29 is 0 Å². The molecular weight excluding hydrogens is 637 g/mol. The van der Waals surface area contributed by atoms with Crippen LogP contribution in [0.5, 0.6) is 0 Å². The van der Waals surface area contributed by atoms with Crippen LogP contribution in [0.1, 0.15) is 16.7 Å². The van der Waals surface area contributed by atoms with Gasteiger partial charge >= 0.3 is 0 Å². The molecule has 238 valence electrons. The Kier molecular flexibility index (Phi) is 6.91. The number of fused-ring (bicyclic) bond motifs is 6. The van der Waals surface area contributed by atoms with Crippen LogP contribution in [0.2, 0.25) is 0 Å². The molecule has 0 saturated heterocycles. The van der Waals surface area contributed by atoms with Gasteiger partial charge in [-0.2, -0.15) is 15.8 Å². The summed E-state index contributed by atoms with van der Waals surface area (Å²) in [6.45, 7) is 7.98. The van der Waals surface area contributed by atoms with E-state index in [1.165, 1.54) is 0 Å². The van der Waals surface area contributed by atoms with E-state index >= 15 is 0 Å². The molecule has 0 fully saturated rings. The van der Waals surface area contributed by atoms with Gasteiger partial charge in [-0.05, 0) is 77.9 Å². The highest BCUT2D eigenvalue weighted by atomic mass is 15.0. The number of para-hydroxylation sites is 2. The second-order valence-electron chi connectivity index (χ2n) is 12.5. The van der Waals surface area contributed by atoms with Gasteiger partial charge in [-0.25, -0.2) is 4.85 Å². The van der Waals surface area contributed by atoms with E-state index in [-0.39, 0.29) is 0 Å². The van der Waals surface area contributed by atoms with Gasteiger partial charge in [0.15, 0.2) is 5.69 Å². The van der Waals surface area contributed by atoms with Crippen LogP contribution >= 0.6 is 0 Å². The van der Waals surface area contributed by atoms with Gasteiger partial charge in [0.1, 0.15) is 0 Å². The maximum atomic E-state index is 10.2. The molecule has 0 atom stereocenters. The molecule has 9 aromatic rings. The van der Waals surface area contributed by atoms with Crippen molar-refractivity contribution in [3.05, 3.63) is 174 Å². The van der Waals surface area contributed by atoms with Gasteiger partial charge in [-0.1, -0.05) is 78.9 Å². The van der Waals surface area contributed by atoms with E-state index in [9.17, 15) is 15.8 Å². The Balaban J connectivity index is 1.41. The monoisotopic (exact) mass is 660 g/mol. The van der Waals surface area contributed by atoms with E-state index in [4.69, 9.17) is 6.57 Å². The summed E-state index contributed by atoms with van der Waals surface area (Å²) in [5.74, 6) is 0. The third-order valence-corrected chi connectivity index (χ3v) is 9.87. The smallest absolute Gasteiger partial charge is 0.196 e. The average Bonchev–Trinajstić information content (AvgIpc) is 3.72. The summed E-state index contributed by atoms with van der Waals surface area (Å²) in [6.07, 6.45) is 0. The molecule has 0 aliphatic heterocycles. The highest BCUT2D eigenvalue weighted by molar-refractivity contribution is 6.18. The minimum atomic E-state index is 0.404. The molecule has 52 heavy (non-hydrogen) atoms. The van der Waals surface area contributed by atoms with Crippen LogP contribution in [0.3, 0.4) is 0 Å². The molecule has 0 saturated carbocycles. The largest absolute Gasteiger partial charge is 0.309 e. The number of nitrogens with zero attached hydrogens (tertiary/aromatic N) is 6. The molecule has 0 amide bonds. The fourth-order valence-corrected chi connectivity index (χ4v) is 7.72. The Bertz CT molecular complexity index is 3050. The lowest BCUT2D eigenvalue weighted by Gasteiger charge is -2.12. The normalized spacial score (nSPS) is 11.0. The third-order valence-electron chi connectivity index (χ3n) is 9.87. The number of hydrogen-bond donors (Lipinski definition) is 0. The highest BCUT2D eigenvalue weighted by Crippen LogP contribution is 2.45. The summed E-state index contributed by atoms with van der Waals surface area (Å²) in [6, 6.07) is 54.5. The Morgan fingerprint density at radius 2 is 1.10 bits per heavy atom. The molecule has 0 aliphatic carbocycles. The van der Waals surface area contributed by atoms with Gasteiger partial charge in [-0.15, -0.1) is 0 Å². The summed E-state index contributed by atoms with van der Waals surface area (Å²) >= 11 is 0. The first kappa shape index (κ1) is 30.2. The molecule has 0 bridgehead atoms. The average molecular weight is 661 g/mol. The van der Waals surface area contributed by atoms with E-state index in [0.29, 0.717) is 33.5 Å². The molecule has 2 aromatic heterocycles. The minimum Gasteiger partial charge on any atom is -0.309 e. The SMILES string of the molecule is [C-]#[N+]c1cccc(C#N)c1-c1cccc2c1c1ccc(-c3c(C#N)cccc3C#N)cc1n2-c1ccc2c(c1)c1ccccc1n2-c1ccccc1. The van der Waals surface area contributed by atoms with Gasteiger partial charge in [-0.3, -0.25) is 0 Å². The van der Waals surface area contributed by atoms with E-state index in [1.807, 2.05) is 48.5 Å². The van der Waals surface area contributed by atoms with Crippen LogP contribution in [0.15, 0.2) is 146 Å². The molecular formula is C46H24N6. The van der Waals surface area contributed by atoms with E-state index in [0.717, 1.165) is 66.1 Å². The first-order chi connectivity index (χ1) is 25.6. The molecule has 6 nitrogen and oxygen atoms in total. The molecule has 0 N–H and O–H groups in total. The van der Waals surface area contributed by atoms with Crippen molar-refractivity contribution in [3.8, 4) is 51.8 Å². The minimum absolute atomic E-state index is 0.404. The molecule has 6 heteroatoms. The Hall–Kier alpha value is -7.90. The maximum Gasteiger partial charge on any atom is 0.196 e. The number of hydrogen-bond acceptors (Lipinski definition) is 3. The lowest BCUT2D eigenvalue weighted by Crippen LogP contribution is -1.96. The maximum absolute atomic E-state index is 10.2. The van der Waals surface area contributed by atoms with E-state index in [1.54, 1.807) is 36.4 Å².